The number of rotatable bonds is 5. The normalized spacial score (nSPS) is 16.2. The van der Waals surface area contributed by atoms with Crippen LogP contribution < -0.4 is 5.32 Å². The molecule has 1 saturated heterocycles. The van der Waals surface area contributed by atoms with Gasteiger partial charge < -0.3 is 5.32 Å². The molecule has 8 heteroatoms. The van der Waals surface area contributed by atoms with E-state index in [2.05, 4.69) is 10.4 Å². The van der Waals surface area contributed by atoms with E-state index in [1.807, 2.05) is 33.8 Å². The van der Waals surface area contributed by atoms with E-state index in [9.17, 15) is 13.2 Å². The van der Waals surface area contributed by atoms with E-state index in [-0.39, 0.29) is 11.8 Å². The number of aryl methyl sites for hydroxylation is 3. The van der Waals surface area contributed by atoms with Crippen LogP contribution in [0.3, 0.4) is 0 Å². The number of piperidine rings is 1. The molecule has 1 aromatic heterocycles. The van der Waals surface area contributed by atoms with Crippen LogP contribution in [0.5, 0.6) is 0 Å². The maximum atomic E-state index is 13.3. The molecular formula is C21H30N4O3S. The van der Waals surface area contributed by atoms with Crippen LogP contribution in [0.2, 0.25) is 0 Å². The lowest BCUT2D eigenvalue weighted by Crippen LogP contribution is -2.42. The predicted molar refractivity (Wildman–Crippen MR) is 112 cm³/mol. The van der Waals surface area contributed by atoms with Crippen LogP contribution in [0.4, 0.5) is 0 Å². The van der Waals surface area contributed by atoms with Crippen molar-refractivity contribution in [3.8, 4) is 0 Å². The van der Waals surface area contributed by atoms with E-state index < -0.39 is 10.0 Å². The highest BCUT2D eigenvalue weighted by Crippen LogP contribution is 2.31. The van der Waals surface area contributed by atoms with Crippen LogP contribution >= 0.6 is 0 Å². The fourth-order valence-corrected chi connectivity index (χ4v) is 5.97. The van der Waals surface area contributed by atoms with Crippen molar-refractivity contribution in [2.75, 3.05) is 19.6 Å². The minimum absolute atomic E-state index is 0.144. The first kappa shape index (κ1) is 21.5. The van der Waals surface area contributed by atoms with Gasteiger partial charge in [-0.15, -0.1) is 0 Å². The summed E-state index contributed by atoms with van der Waals surface area (Å²) in [7, 11) is -1.76. The Morgan fingerprint density at radius 1 is 1.14 bits per heavy atom. The number of aromatic nitrogens is 2. The van der Waals surface area contributed by atoms with Gasteiger partial charge in [0.1, 0.15) is 0 Å². The van der Waals surface area contributed by atoms with Gasteiger partial charge in [-0.25, -0.2) is 8.42 Å². The second-order valence-electron chi connectivity index (χ2n) is 8.05. The molecule has 1 aromatic carbocycles. The number of hydrogen-bond acceptors (Lipinski definition) is 4. The van der Waals surface area contributed by atoms with Gasteiger partial charge in [-0.2, -0.15) is 9.40 Å². The number of carbonyl (C=O) groups is 1. The molecule has 0 radical (unpaired) electrons. The first-order valence-electron chi connectivity index (χ1n) is 9.95. The van der Waals surface area contributed by atoms with Crippen LogP contribution in [-0.4, -0.2) is 48.0 Å². The third kappa shape index (κ3) is 4.38. The van der Waals surface area contributed by atoms with E-state index >= 15 is 0 Å². The molecule has 0 saturated carbocycles. The first-order valence-corrected chi connectivity index (χ1v) is 11.4. The van der Waals surface area contributed by atoms with Gasteiger partial charge >= 0.3 is 0 Å². The molecule has 2 heterocycles. The van der Waals surface area contributed by atoms with Gasteiger partial charge in [0, 0.05) is 32.9 Å². The number of amides is 1. The van der Waals surface area contributed by atoms with Gasteiger partial charge in [-0.05, 0) is 68.7 Å². The van der Waals surface area contributed by atoms with E-state index in [1.165, 1.54) is 0 Å². The third-order valence-corrected chi connectivity index (χ3v) is 8.16. The Morgan fingerprint density at radius 2 is 1.72 bits per heavy atom. The Kier molecular flexibility index (Phi) is 6.14. The topological polar surface area (TPSA) is 84.3 Å². The molecule has 29 heavy (non-hydrogen) atoms. The molecular weight excluding hydrogens is 388 g/mol. The first-order chi connectivity index (χ1) is 13.6. The van der Waals surface area contributed by atoms with Gasteiger partial charge in [0.15, 0.2) is 0 Å². The molecule has 1 amide bonds. The summed E-state index contributed by atoms with van der Waals surface area (Å²) in [6.45, 7) is 9.17. The summed E-state index contributed by atoms with van der Waals surface area (Å²) in [6, 6.07) is 2.04. The summed E-state index contributed by atoms with van der Waals surface area (Å²) in [5.41, 5.74) is 4.20. The van der Waals surface area contributed by atoms with Gasteiger partial charge in [0.25, 0.3) is 5.91 Å². The predicted octanol–water partition coefficient (Wildman–Crippen LogP) is 2.48. The van der Waals surface area contributed by atoms with E-state index in [1.54, 1.807) is 28.4 Å². The average Bonchev–Trinajstić information content (AvgIpc) is 3.11. The SMILES string of the molecule is Cc1cc(C)c(C)c(S(=O)(=O)N2CCC(CNC(=O)c3cnn(C)c3)CC2)c1C. The molecule has 1 fully saturated rings. The number of nitrogens with zero attached hydrogens (tertiary/aromatic N) is 3. The number of sulfonamides is 1. The fraction of sp³-hybridized carbons (Fsp3) is 0.524. The van der Waals surface area contributed by atoms with Crippen molar-refractivity contribution in [1.29, 1.82) is 0 Å². The van der Waals surface area contributed by atoms with Crippen LogP contribution in [0.1, 0.15) is 45.5 Å². The van der Waals surface area contributed by atoms with Crippen molar-refractivity contribution in [2.24, 2.45) is 13.0 Å². The second-order valence-corrected chi connectivity index (χ2v) is 9.92. The largest absolute Gasteiger partial charge is 0.352 e. The zero-order valence-electron chi connectivity index (χ0n) is 17.8. The summed E-state index contributed by atoms with van der Waals surface area (Å²) in [5, 5.41) is 6.95. The molecule has 1 aliphatic heterocycles. The van der Waals surface area contributed by atoms with Gasteiger partial charge in [0.05, 0.1) is 16.7 Å². The minimum Gasteiger partial charge on any atom is -0.352 e. The van der Waals surface area contributed by atoms with Crippen LogP contribution in [0, 0.1) is 33.6 Å². The molecule has 0 bridgehead atoms. The molecule has 7 nitrogen and oxygen atoms in total. The maximum absolute atomic E-state index is 13.3. The highest BCUT2D eigenvalue weighted by atomic mass is 32.2. The van der Waals surface area contributed by atoms with E-state index in [4.69, 9.17) is 0 Å². The maximum Gasteiger partial charge on any atom is 0.254 e. The molecule has 3 rings (SSSR count). The van der Waals surface area contributed by atoms with Crippen molar-refractivity contribution >= 4 is 15.9 Å². The Hall–Kier alpha value is -2.19. The van der Waals surface area contributed by atoms with E-state index in [0.717, 1.165) is 35.1 Å². The summed E-state index contributed by atoms with van der Waals surface area (Å²) in [6.07, 6.45) is 4.68. The summed E-state index contributed by atoms with van der Waals surface area (Å²) >= 11 is 0. The lowest BCUT2D eigenvalue weighted by molar-refractivity contribution is 0.0941. The van der Waals surface area contributed by atoms with Crippen LogP contribution in [0.25, 0.3) is 0 Å². The van der Waals surface area contributed by atoms with E-state index in [0.29, 0.717) is 30.1 Å². The van der Waals surface area contributed by atoms with Gasteiger partial charge in [0.2, 0.25) is 10.0 Å². The highest BCUT2D eigenvalue weighted by Gasteiger charge is 2.32. The highest BCUT2D eigenvalue weighted by molar-refractivity contribution is 7.89. The zero-order valence-corrected chi connectivity index (χ0v) is 18.6. The van der Waals surface area contributed by atoms with Gasteiger partial charge in [-0.1, -0.05) is 6.07 Å². The van der Waals surface area contributed by atoms with Crippen molar-refractivity contribution in [2.45, 2.75) is 45.4 Å². The average molecular weight is 419 g/mol. The Labute approximate surface area is 173 Å². The van der Waals surface area contributed by atoms with Crippen molar-refractivity contribution in [3.63, 3.8) is 0 Å². The number of nitrogens with one attached hydrogen (secondary N) is 1. The number of carbonyl (C=O) groups excluding carboxylic acids is 1. The third-order valence-electron chi connectivity index (χ3n) is 5.99. The van der Waals surface area contributed by atoms with Gasteiger partial charge in [-0.3, -0.25) is 9.48 Å². The lowest BCUT2D eigenvalue weighted by atomic mass is 9.98. The van der Waals surface area contributed by atoms with Crippen LogP contribution in [-0.2, 0) is 17.1 Å². The molecule has 158 valence electrons. The standard InChI is InChI=1S/C21H30N4O3S/c1-14-10-15(2)17(4)20(16(14)3)29(27,28)25-8-6-18(7-9-25)11-22-21(26)19-12-23-24(5)13-19/h10,12-13,18H,6-9,11H2,1-5H3,(H,22,26). The van der Waals surface area contributed by atoms with Crippen molar-refractivity contribution in [3.05, 3.63) is 46.3 Å². The van der Waals surface area contributed by atoms with Crippen molar-refractivity contribution < 1.29 is 13.2 Å². The Morgan fingerprint density at radius 3 is 2.24 bits per heavy atom. The summed E-state index contributed by atoms with van der Waals surface area (Å²) < 4.78 is 29.9. The number of benzene rings is 1. The Balaban J connectivity index is 1.64. The summed E-state index contributed by atoms with van der Waals surface area (Å²) in [5.74, 6) is 0.123. The zero-order chi connectivity index (χ0) is 21.3. The fourth-order valence-electron chi connectivity index (χ4n) is 3.93. The minimum atomic E-state index is -3.53. The van der Waals surface area contributed by atoms with Crippen LogP contribution in [0.15, 0.2) is 23.4 Å². The molecule has 0 aliphatic carbocycles. The summed E-state index contributed by atoms with van der Waals surface area (Å²) in [4.78, 5) is 12.6. The monoisotopic (exact) mass is 418 g/mol. The molecule has 2 aromatic rings. The molecule has 1 aliphatic rings. The molecule has 0 atom stereocenters. The number of hydrogen-bond donors (Lipinski definition) is 1. The quantitative estimate of drug-likeness (QED) is 0.809. The second kappa shape index (κ2) is 8.28. The van der Waals surface area contributed by atoms with Crippen molar-refractivity contribution in [1.82, 2.24) is 19.4 Å². The lowest BCUT2D eigenvalue weighted by Gasteiger charge is -2.32. The Bertz CT molecular complexity index is 993. The molecule has 0 unspecified atom stereocenters. The molecule has 1 N–H and O–H groups in total. The molecule has 0 spiro atoms. The smallest absolute Gasteiger partial charge is 0.254 e.